The largest absolute Gasteiger partial charge is 0.496 e. The third kappa shape index (κ3) is 4.98. The van der Waals surface area contributed by atoms with Crippen LogP contribution in [0.2, 0.25) is 0 Å². The molecule has 1 fully saturated rings. The van der Waals surface area contributed by atoms with Gasteiger partial charge in [0.15, 0.2) is 0 Å². The van der Waals surface area contributed by atoms with Gasteiger partial charge in [-0.25, -0.2) is 4.79 Å². The lowest BCUT2D eigenvalue weighted by atomic mass is 10.1. The molecule has 21 heavy (non-hydrogen) atoms. The highest BCUT2D eigenvalue weighted by atomic mass is 79.9. The molecule has 1 aromatic rings. The molecule has 0 bridgehead atoms. The van der Waals surface area contributed by atoms with Crippen molar-refractivity contribution in [3.05, 3.63) is 28.2 Å². The van der Waals surface area contributed by atoms with E-state index in [1.54, 1.807) is 7.11 Å². The van der Waals surface area contributed by atoms with Crippen molar-refractivity contribution in [3.63, 3.8) is 0 Å². The number of halogens is 1. The lowest BCUT2D eigenvalue weighted by Gasteiger charge is -2.31. The molecular weight excluding hydrogens is 338 g/mol. The van der Waals surface area contributed by atoms with Crippen molar-refractivity contribution in [2.45, 2.75) is 25.5 Å². The van der Waals surface area contributed by atoms with Crippen LogP contribution in [0.25, 0.3) is 0 Å². The van der Waals surface area contributed by atoms with Crippen molar-refractivity contribution in [2.75, 3.05) is 26.8 Å². The smallest absolute Gasteiger partial charge is 0.329 e. The lowest BCUT2D eigenvalue weighted by molar-refractivity contribution is -0.145. The van der Waals surface area contributed by atoms with E-state index in [0.717, 1.165) is 48.3 Å². The van der Waals surface area contributed by atoms with Crippen molar-refractivity contribution < 1.29 is 19.4 Å². The maximum absolute atomic E-state index is 10.5. The van der Waals surface area contributed by atoms with E-state index in [4.69, 9.17) is 14.6 Å². The monoisotopic (exact) mass is 357 g/mol. The molecule has 1 N–H and O–H groups in total. The molecular formula is C15H20BrNO4. The van der Waals surface area contributed by atoms with Crippen molar-refractivity contribution in [1.82, 2.24) is 4.90 Å². The van der Waals surface area contributed by atoms with Crippen molar-refractivity contribution >= 4 is 21.9 Å². The maximum Gasteiger partial charge on any atom is 0.329 e. The van der Waals surface area contributed by atoms with Gasteiger partial charge in [0.2, 0.25) is 0 Å². The number of carboxylic acids is 1. The predicted octanol–water partition coefficient (Wildman–Crippen LogP) is 2.52. The highest BCUT2D eigenvalue weighted by Crippen LogP contribution is 2.25. The molecule has 6 heteroatoms. The van der Waals surface area contributed by atoms with Gasteiger partial charge < -0.3 is 14.6 Å². The minimum Gasteiger partial charge on any atom is -0.496 e. The van der Waals surface area contributed by atoms with Gasteiger partial charge in [-0.2, -0.15) is 0 Å². The molecule has 1 aliphatic heterocycles. The molecule has 0 atom stereocenters. The first-order chi connectivity index (χ1) is 10.1. The minimum absolute atomic E-state index is 0.0572. The standard InChI is InChI=1S/C15H20BrNO4/c1-20-14-3-2-12(16)8-11(14)9-17-6-4-13(5-7-17)21-10-15(18)19/h2-3,8,13H,4-7,9-10H2,1H3,(H,18,19). The fourth-order valence-corrected chi connectivity index (χ4v) is 2.94. The van der Waals surface area contributed by atoms with Crippen LogP contribution in [0, 0.1) is 0 Å². The number of nitrogens with zero attached hydrogens (tertiary/aromatic N) is 1. The average molecular weight is 358 g/mol. The Balaban J connectivity index is 1.86. The first kappa shape index (κ1) is 16.3. The molecule has 0 spiro atoms. The van der Waals surface area contributed by atoms with Crippen LogP contribution in [-0.2, 0) is 16.1 Å². The second kappa shape index (κ2) is 7.77. The molecule has 0 unspecified atom stereocenters. The molecule has 0 aromatic heterocycles. The van der Waals surface area contributed by atoms with Crippen LogP contribution in [0.15, 0.2) is 22.7 Å². The van der Waals surface area contributed by atoms with Gasteiger partial charge in [0.25, 0.3) is 0 Å². The summed E-state index contributed by atoms with van der Waals surface area (Å²) in [4.78, 5) is 12.8. The molecule has 1 aliphatic rings. The van der Waals surface area contributed by atoms with Crippen LogP contribution in [0.5, 0.6) is 5.75 Å². The third-order valence-electron chi connectivity index (χ3n) is 3.61. The van der Waals surface area contributed by atoms with Crippen molar-refractivity contribution in [3.8, 4) is 5.75 Å². The number of piperidine rings is 1. The molecule has 0 saturated carbocycles. The summed E-state index contributed by atoms with van der Waals surface area (Å²) >= 11 is 3.48. The summed E-state index contributed by atoms with van der Waals surface area (Å²) in [6.07, 6.45) is 1.79. The van der Waals surface area contributed by atoms with E-state index in [0.29, 0.717) is 0 Å². The SMILES string of the molecule is COc1ccc(Br)cc1CN1CCC(OCC(=O)O)CC1. The second-order valence-corrected chi connectivity index (χ2v) is 6.05. The normalized spacial score (nSPS) is 16.9. The number of hydrogen-bond acceptors (Lipinski definition) is 4. The van der Waals surface area contributed by atoms with Gasteiger partial charge in [-0.05, 0) is 31.0 Å². The molecule has 5 nitrogen and oxygen atoms in total. The Morgan fingerprint density at radius 3 is 2.76 bits per heavy atom. The zero-order valence-corrected chi connectivity index (χ0v) is 13.6. The number of ether oxygens (including phenoxy) is 2. The maximum atomic E-state index is 10.5. The lowest BCUT2D eigenvalue weighted by Crippen LogP contribution is -2.37. The topological polar surface area (TPSA) is 59.0 Å². The Labute approximate surface area is 133 Å². The van der Waals surface area contributed by atoms with Gasteiger partial charge in [-0.3, -0.25) is 4.90 Å². The quantitative estimate of drug-likeness (QED) is 0.847. The van der Waals surface area contributed by atoms with Crippen LogP contribution >= 0.6 is 15.9 Å². The first-order valence-corrected chi connectivity index (χ1v) is 7.76. The Morgan fingerprint density at radius 2 is 2.14 bits per heavy atom. The van der Waals surface area contributed by atoms with E-state index in [1.807, 2.05) is 12.1 Å². The van der Waals surface area contributed by atoms with Crippen LogP contribution in [0.4, 0.5) is 0 Å². The molecule has 116 valence electrons. The van der Waals surface area contributed by atoms with Crippen LogP contribution in [0.1, 0.15) is 18.4 Å². The van der Waals surface area contributed by atoms with Crippen LogP contribution in [0.3, 0.4) is 0 Å². The molecule has 1 saturated heterocycles. The Bertz CT molecular complexity index is 487. The Morgan fingerprint density at radius 1 is 1.43 bits per heavy atom. The Kier molecular flexibility index (Phi) is 6.02. The number of carbonyl (C=O) groups is 1. The van der Waals surface area contributed by atoms with E-state index < -0.39 is 5.97 Å². The molecule has 1 heterocycles. The number of benzene rings is 1. The number of hydrogen-bond donors (Lipinski definition) is 1. The number of carboxylic acid groups (broad SMARTS) is 1. The summed E-state index contributed by atoms with van der Waals surface area (Å²) in [5, 5.41) is 8.62. The van der Waals surface area contributed by atoms with E-state index in [1.165, 1.54) is 0 Å². The summed E-state index contributed by atoms with van der Waals surface area (Å²) in [5.41, 5.74) is 1.15. The van der Waals surface area contributed by atoms with Gasteiger partial charge in [-0.15, -0.1) is 0 Å². The van der Waals surface area contributed by atoms with Gasteiger partial charge in [-0.1, -0.05) is 15.9 Å². The van der Waals surface area contributed by atoms with Crippen molar-refractivity contribution in [1.29, 1.82) is 0 Å². The van der Waals surface area contributed by atoms with Gasteiger partial charge >= 0.3 is 5.97 Å². The summed E-state index contributed by atoms with van der Waals surface area (Å²) in [6.45, 7) is 2.43. The van der Waals surface area contributed by atoms with E-state index >= 15 is 0 Å². The summed E-state index contributed by atoms with van der Waals surface area (Å²) < 4.78 is 11.8. The summed E-state index contributed by atoms with van der Waals surface area (Å²) in [7, 11) is 1.68. The molecule has 0 aliphatic carbocycles. The molecule has 2 rings (SSSR count). The van der Waals surface area contributed by atoms with Gasteiger partial charge in [0.05, 0.1) is 13.2 Å². The first-order valence-electron chi connectivity index (χ1n) is 6.96. The fraction of sp³-hybridized carbons (Fsp3) is 0.533. The number of rotatable bonds is 6. The zero-order chi connectivity index (χ0) is 15.2. The fourth-order valence-electron chi connectivity index (χ4n) is 2.53. The highest BCUT2D eigenvalue weighted by molar-refractivity contribution is 9.10. The summed E-state index contributed by atoms with van der Waals surface area (Å²) in [5.74, 6) is -0.0150. The van der Waals surface area contributed by atoms with E-state index in [-0.39, 0.29) is 12.7 Å². The molecule has 1 aromatic carbocycles. The summed E-state index contributed by atoms with van der Waals surface area (Å²) in [6, 6.07) is 6.00. The Hall–Kier alpha value is -1.11. The van der Waals surface area contributed by atoms with Gasteiger partial charge in [0.1, 0.15) is 12.4 Å². The zero-order valence-electron chi connectivity index (χ0n) is 12.0. The predicted molar refractivity (Wildman–Crippen MR) is 82.6 cm³/mol. The van der Waals surface area contributed by atoms with Gasteiger partial charge in [0, 0.05) is 29.7 Å². The average Bonchev–Trinajstić information content (AvgIpc) is 2.47. The van der Waals surface area contributed by atoms with Crippen LogP contribution < -0.4 is 4.74 Å². The highest BCUT2D eigenvalue weighted by Gasteiger charge is 2.21. The third-order valence-corrected chi connectivity index (χ3v) is 4.11. The molecule has 0 radical (unpaired) electrons. The second-order valence-electron chi connectivity index (χ2n) is 5.14. The number of methoxy groups -OCH3 is 1. The molecule has 0 amide bonds. The van der Waals surface area contributed by atoms with Crippen molar-refractivity contribution in [2.24, 2.45) is 0 Å². The van der Waals surface area contributed by atoms with E-state index in [9.17, 15) is 4.79 Å². The minimum atomic E-state index is -0.906. The van der Waals surface area contributed by atoms with Crippen LogP contribution in [-0.4, -0.2) is 48.9 Å². The van der Waals surface area contributed by atoms with E-state index in [2.05, 4.69) is 26.9 Å². The number of aliphatic carboxylic acids is 1. The number of likely N-dealkylation sites (tertiary alicyclic amines) is 1.